The number of benzene rings is 1. The molecular weight excluding hydrogens is 282 g/mol. The van der Waals surface area contributed by atoms with Gasteiger partial charge in [-0.1, -0.05) is 12.1 Å². The van der Waals surface area contributed by atoms with Crippen LogP contribution in [0.3, 0.4) is 0 Å². The van der Waals surface area contributed by atoms with Gasteiger partial charge in [0.05, 0.1) is 11.8 Å². The molecule has 1 aromatic carbocycles. The average Bonchev–Trinajstić information content (AvgIpc) is 2.36. The van der Waals surface area contributed by atoms with Crippen LogP contribution in [-0.4, -0.2) is 37.8 Å². The summed E-state index contributed by atoms with van der Waals surface area (Å²) in [5.41, 5.74) is 6.57. The quantitative estimate of drug-likeness (QED) is 0.482. The van der Waals surface area contributed by atoms with E-state index in [-0.39, 0.29) is 30.4 Å². The van der Waals surface area contributed by atoms with Crippen molar-refractivity contribution in [1.82, 2.24) is 5.32 Å². The molecule has 0 unspecified atom stereocenters. The molecule has 0 saturated carbocycles. The van der Waals surface area contributed by atoms with Gasteiger partial charge < -0.3 is 16.2 Å². The molecule has 0 aromatic heterocycles. The van der Waals surface area contributed by atoms with Crippen LogP contribution >= 0.6 is 0 Å². The molecule has 1 aromatic rings. The minimum Gasteiger partial charge on any atom is -0.508 e. The van der Waals surface area contributed by atoms with Gasteiger partial charge in [0.1, 0.15) is 5.75 Å². The van der Waals surface area contributed by atoms with Crippen molar-refractivity contribution in [3.63, 3.8) is 0 Å². The Morgan fingerprint density at radius 3 is 2.45 bits per heavy atom. The Hall–Kier alpha value is -1.64. The molecule has 1 atom stereocenters. The fourth-order valence-corrected chi connectivity index (χ4v) is 2.14. The highest BCUT2D eigenvalue weighted by Crippen LogP contribution is 2.10. The van der Waals surface area contributed by atoms with Crippen molar-refractivity contribution in [3.8, 4) is 5.75 Å². The van der Waals surface area contributed by atoms with Gasteiger partial charge in [-0.05, 0) is 30.5 Å². The lowest BCUT2D eigenvalue weighted by molar-refractivity contribution is -0.122. The first kappa shape index (κ1) is 16.4. The number of sulfonamides is 1. The van der Waals surface area contributed by atoms with Crippen LogP contribution in [0.1, 0.15) is 12.0 Å². The summed E-state index contributed by atoms with van der Waals surface area (Å²) in [5.74, 6) is -0.386. The molecular formula is C12H19N3O4S. The van der Waals surface area contributed by atoms with E-state index in [2.05, 4.69) is 5.32 Å². The monoisotopic (exact) mass is 301 g/mol. The summed E-state index contributed by atoms with van der Waals surface area (Å²) in [6, 6.07) is 5.68. The van der Waals surface area contributed by atoms with Gasteiger partial charge in [-0.3, -0.25) is 4.79 Å². The number of nitrogens with two attached hydrogens (primary N) is 2. The predicted molar refractivity (Wildman–Crippen MR) is 75.4 cm³/mol. The first-order chi connectivity index (χ1) is 9.28. The molecule has 8 heteroatoms. The number of phenols is 1. The average molecular weight is 301 g/mol. The van der Waals surface area contributed by atoms with Crippen molar-refractivity contribution in [1.29, 1.82) is 0 Å². The van der Waals surface area contributed by atoms with E-state index in [1.54, 1.807) is 12.1 Å². The smallest absolute Gasteiger partial charge is 0.237 e. The first-order valence-corrected chi connectivity index (χ1v) is 7.81. The van der Waals surface area contributed by atoms with Crippen molar-refractivity contribution in [2.24, 2.45) is 10.9 Å². The third-order valence-corrected chi connectivity index (χ3v) is 3.49. The van der Waals surface area contributed by atoms with Crippen molar-refractivity contribution in [2.75, 3.05) is 12.3 Å². The molecule has 20 heavy (non-hydrogen) atoms. The molecule has 1 amide bonds. The fourth-order valence-electron chi connectivity index (χ4n) is 1.59. The molecule has 0 fully saturated rings. The van der Waals surface area contributed by atoms with E-state index in [0.29, 0.717) is 6.42 Å². The molecule has 0 bridgehead atoms. The third-order valence-electron chi connectivity index (χ3n) is 2.63. The zero-order chi connectivity index (χ0) is 15.2. The molecule has 0 radical (unpaired) electrons. The number of aromatic hydroxyl groups is 1. The minimum atomic E-state index is -3.50. The van der Waals surface area contributed by atoms with Gasteiger partial charge in [0.25, 0.3) is 0 Å². The normalized spacial score (nSPS) is 12.9. The lowest BCUT2D eigenvalue weighted by Gasteiger charge is -2.12. The van der Waals surface area contributed by atoms with Gasteiger partial charge in [-0.2, -0.15) is 0 Å². The summed E-state index contributed by atoms with van der Waals surface area (Å²) in [6.07, 6.45) is 0.581. The Bertz CT molecular complexity index is 542. The highest BCUT2D eigenvalue weighted by atomic mass is 32.2. The van der Waals surface area contributed by atoms with Crippen LogP contribution in [0.2, 0.25) is 0 Å². The summed E-state index contributed by atoms with van der Waals surface area (Å²) < 4.78 is 21.4. The number of carbonyl (C=O) groups excluding carboxylic acids is 1. The van der Waals surface area contributed by atoms with E-state index < -0.39 is 16.1 Å². The molecule has 7 nitrogen and oxygen atoms in total. The standard InChI is InChI=1S/C12H19N3O4S/c13-11(8-9-2-4-10(16)5-3-9)12(17)15-6-1-7-20(14,18)19/h2-5,11,16H,1,6-8,13H2,(H,15,17)(H2,14,18,19)/t11-/m1/s1. The van der Waals surface area contributed by atoms with Gasteiger partial charge in [0.15, 0.2) is 0 Å². The van der Waals surface area contributed by atoms with Gasteiger partial charge >= 0.3 is 0 Å². The van der Waals surface area contributed by atoms with Crippen LogP contribution in [0, 0.1) is 0 Å². The van der Waals surface area contributed by atoms with E-state index in [1.807, 2.05) is 0 Å². The highest BCUT2D eigenvalue weighted by Gasteiger charge is 2.13. The Morgan fingerprint density at radius 2 is 1.90 bits per heavy atom. The van der Waals surface area contributed by atoms with Gasteiger partial charge in [0, 0.05) is 6.54 Å². The molecule has 0 heterocycles. The zero-order valence-electron chi connectivity index (χ0n) is 11.0. The van der Waals surface area contributed by atoms with Crippen molar-refractivity contribution < 1.29 is 18.3 Å². The van der Waals surface area contributed by atoms with Gasteiger partial charge in [-0.15, -0.1) is 0 Å². The summed E-state index contributed by atoms with van der Waals surface area (Å²) in [7, 11) is -3.50. The number of amides is 1. The molecule has 0 saturated heterocycles. The summed E-state index contributed by atoms with van der Waals surface area (Å²) in [6.45, 7) is 0.207. The molecule has 112 valence electrons. The lowest BCUT2D eigenvalue weighted by Crippen LogP contribution is -2.42. The maximum Gasteiger partial charge on any atom is 0.237 e. The van der Waals surface area contributed by atoms with Crippen molar-refractivity contribution >= 4 is 15.9 Å². The number of carbonyl (C=O) groups is 1. The lowest BCUT2D eigenvalue weighted by atomic mass is 10.1. The van der Waals surface area contributed by atoms with Crippen LogP contribution in [-0.2, 0) is 21.2 Å². The summed E-state index contributed by atoms with van der Waals surface area (Å²) in [4.78, 5) is 11.7. The summed E-state index contributed by atoms with van der Waals surface area (Å²) in [5, 5.41) is 16.5. The van der Waals surface area contributed by atoms with Gasteiger partial charge in [0.2, 0.25) is 15.9 Å². The van der Waals surface area contributed by atoms with E-state index >= 15 is 0 Å². The van der Waals surface area contributed by atoms with Gasteiger partial charge in [-0.25, -0.2) is 13.6 Å². The SMILES string of the molecule is N[C@H](Cc1ccc(O)cc1)C(=O)NCCCS(N)(=O)=O. The minimum absolute atomic E-state index is 0.148. The molecule has 1 rings (SSSR count). The number of hydrogen-bond acceptors (Lipinski definition) is 5. The Balaban J connectivity index is 2.34. The molecule has 0 aliphatic carbocycles. The van der Waals surface area contributed by atoms with E-state index in [1.165, 1.54) is 12.1 Å². The number of phenolic OH excluding ortho intramolecular Hbond substituents is 1. The maximum absolute atomic E-state index is 11.7. The van der Waals surface area contributed by atoms with Crippen LogP contribution in [0.15, 0.2) is 24.3 Å². The largest absolute Gasteiger partial charge is 0.508 e. The number of primary sulfonamides is 1. The first-order valence-electron chi connectivity index (χ1n) is 6.09. The van der Waals surface area contributed by atoms with Crippen LogP contribution < -0.4 is 16.2 Å². The van der Waals surface area contributed by atoms with E-state index in [0.717, 1.165) is 5.56 Å². The van der Waals surface area contributed by atoms with Crippen LogP contribution in [0.5, 0.6) is 5.75 Å². The molecule has 6 N–H and O–H groups in total. The number of rotatable bonds is 7. The Labute approximate surface area is 118 Å². The van der Waals surface area contributed by atoms with Crippen molar-refractivity contribution in [2.45, 2.75) is 18.9 Å². The number of nitrogens with one attached hydrogen (secondary N) is 1. The van der Waals surface area contributed by atoms with E-state index in [4.69, 9.17) is 16.0 Å². The second kappa shape index (κ2) is 7.22. The molecule has 0 aliphatic rings. The van der Waals surface area contributed by atoms with Crippen LogP contribution in [0.4, 0.5) is 0 Å². The zero-order valence-corrected chi connectivity index (χ0v) is 11.8. The number of hydrogen-bond donors (Lipinski definition) is 4. The molecule has 0 aliphatic heterocycles. The Morgan fingerprint density at radius 1 is 1.30 bits per heavy atom. The van der Waals surface area contributed by atoms with Crippen LogP contribution in [0.25, 0.3) is 0 Å². The fraction of sp³-hybridized carbons (Fsp3) is 0.417. The van der Waals surface area contributed by atoms with E-state index in [9.17, 15) is 13.2 Å². The second-order valence-electron chi connectivity index (χ2n) is 4.49. The summed E-state index contributed by atoms with van der Waals surface area (Å²) >= 11 is 0. The molecule has 0 spiro atoms. The predicted octanol–water partition coefficient (Wildman–Crippen LogP) is -0.943. The van der Waals surface area contributed by atoms with Crippen molar-refractivity contribution in [3.05, 3.63) is 29.8 Å². The second-order valence-corrected chi connectivity index (χ2v) is 6.22. The topological polar surface area (TPSA) is 136 Å². The third kappa shape index (κ3) is 6.50. The highest BCUT2D eigenvalue weighted by molar-refractivity contribution is 7.89. The Kier molecular flexibility index (Phi) is 5.93. The maximum atomic E-state index is 11.7.